The molecule has 0 atom stereocenters. The molecular formula is C19H32FN5. The molecule has 140 valence electrons. The van der Waals surface area contributed by atoms with Crippen LogP contribution < -0.4 is 20.9 Å². The quantitative estimate of drug-likeness (QED) is 0.434. The van der Waals surface area contributed by atoms with E-state index in [1.807, 2.05) is 6.07 Å². The molecule has 0 amide bonds. The number of guanidine groups is 1. The van der Waals surface area contributed by atoms with Gasteiger partial charge in [-0.2, -0.15) is 0 Å². The molecule has 0 aromatic heterocycles. The van der Waals surface area contributed by atoms with E-state index in [2.05, 4.69) is 46.6 Å². The maximum atomic E-state index is 13.4. The highest BCUT2D eigenvalue weighted by Crippen LogP contribution is 2.20. The maximum absolute atomic E-state index is 13.4. The third-order valence-corrected chi connectivity index (χ3v) is 4.31. The van der Waals surface area contributed by atoms with Gasteiger partial charge < -0.3 is 20.9 Å². The number of aliphatic imine (C=N–C) groups is 1. The van der Waals surface area contributed by atoms with Gasteiger partial charge in [-0.15, -0.1) is 0 Å². The van der Waals surface area contributed by atoms with Crippen LogP contribution in [0.15, 0.2) is 29.3 Å². The lowest BCUT2D eigenvalue weighted by Crippen LogP contribution is -2.50. The predicted molar refractivity (Wildman–Crippen MR) is 104 cm³/mol. The first kappa shape index (κ1) is 19.5. The van der Waals surface area contributed by atoms with Crippen LogP contribution >= 0.6 is 0 Å². The predicted octanol–water partition coefficient (Wildman–Crippen LogP) is 2.35. The number of nitrogens with zero attached hydrogens (tertiary/aromatic N) is 2. The van der Waals surface area contributed by atoms with Crippen molar-refractivity contribution < 1.29 is 4.39 Å². The van der Waals surface area contributed by atoms with E-state index in [1.165, 1.54) is 6.07 Å². The van der Waals surface area contributed by atoms with Crippen LogP contribution in [0.4, 0.5) is 10.1 Å². The fraction of sp³-hybridized carbons (Fsp3) is 0.632. The molecule has 1 heterocycles. The minimum atomic E-state index is -0.175. The summed E-state index contributed by atoms with van der Waals surface area (Å²) >= 11 is 0. The number of hydrogen-bond acceptors (Lipinski definition) is 3. The molecule has 1 fully saturated rings. The zero-order valence-electron chi connectivity index (χ0n) is 15.9. The summed E-state index contributed by atoms with van der Waals surface area (Å²) in [4.78, 5) is 6.55. The monoisotopic (exact) mass is 349 g/mol. The lowest BCUT2D eigenvalue weighted by atomic mass is 10.0. The van der Waals surface area contributed by atoms with Crippen molar-refractivity contribution in [3.05, 3.63) is 30.1 Å². The highest BCUT2D eigenvalue weighted by Gasteiger charge is 2.20. The van der Waals surface area contributed by atoms with Gasteiger partial charge in [0.05, 0.1) is 0 Å². The standard InChI is InChI=1S/C19H32FN5/c1-19(2,3)23-11-10-22-18(21-4)24-16-8-12-25(13-9-16)17-7-5-6-15(20)14-17/h5-7,14,16,23H,8-13H2,1-4H3,(H2,21,22,24). The largest absolute Gasteiger partial charge is 0.371 e. The number of nitrogens with one attached hydrogen (secondary N) is 3. The summed E-state index contributed by atoms with van der Waals surface area (Å²) in [5, 5.41) is 10.3. The first-order chi connectivity index (χ1) is 11.9. The Hall–Kier alpha value is -1.82. The molecule has 0 spiro atoms. The van der Waals surface area contributed by atoms with Gasteiger partial charge in [-0.25, -0.2) is 4.39 Å². The number of anilines is 1. The molecular weight excluding hydrogens is 317 g/mol. The van der Waals surface area contributed by atoms with Gasteiger partial charge >= 0.3 is 0 Å². The van der Waals surface area contributed by atoms with E-state index in [1.54, 1.807) is 19.2 Å². The van der Waals surface area contributed by atoms with Gasteiger partial charge in [0.2, 0.25) is 0 Å². The third kappa shape index (κ3) is 6.90. The van der Waals surface area contributed by atoms with E-state index in [0.717, 1.165) is 50.7 Å². The van der Waals surface area contributed by atoms with Gasteiger partial charge in [0, 0.05) is 50.5 Å². The van der Waals surface area contributed by atoms with Gasteiger partial charge in [0.1, 0.15) is 5.82 Å². The van der Waals surface area contributed by atoms with Crippen molar-refractivity contribution in [3.63, 3.8) is 0 Å². The van der Waals surface area contributed by atoms with Crippen molar-refractivity contribution >= 4 is 11.6 Å². The number of piperidine rings is 1. The van der Waals surface area contributed by atoms with Crippen molar-refractivity contribution in [2.75, 3.05) is 38.1 Å². The second kappa shape index (κ2) is 9.04. The minimum Gasteiger partial charge on any atom is -0.371 e. The van der Waals surface area contributed by atoms with Crippen molar-refractivity contribution in [2.45, 2.75) is 45.2 Å². The normalized spacial score (nSPS) is 16.8. The second-order valence-electron chi connectivity index (χ2n) is 7.56. The number of rotatable bonds is 5. The van der Waals surface area contributed by atoms with Gasteiger partial charge in [-0.1, -0.05) is 6.07 Å². The molecule has 1 aromatic carbocycles. The van der Waals surface area contributed by atoms with Crippen LogP contribution in [-0.4, -0.2) is 50.8 Å². The van der Waals surface area contributed by atoms with Gasteiger partial charge in [-0.05, 0) is 51.8 Å². The highest BCUT2D eigenvalue weighted by molar-refractivity contribution is 5.80. The SMILES string of the molecule is CN=C(NCCNC(C)(C)C)NC1CCN(c2cccc(F)c2)CC1. The van der Waals surface area contributed by atoms with Gasteiger partial charge in [0.25, 0.3) is 0 Å². The molecule has 1 saturated heterocycles. The van der Waals surface area contributed by atoms with E-state index in [9.17, 15) is 4.39 Å². The van der Waals surface area contributed by atoms with Crippen molar-refractivity contribution in [2.24, 2.45) is 4.99 Å². The average Bonchev–Trinajstić information content (AvgIpc) is 2.57. The molecule has 0 radical (unpaired) electrons. The van der Waals surface area contributed by atoms with Gasteiger partial charge in [-0.3, -0.25) is 4.99 Å². The lowest BCUT2D eigenvalue weighted by molar-refractivity contribution is 0.426. The summed E-state index contributed by atoms with van der Waals surface area (Å²) in [5.74, 6) is 0.672. The van der Waals surface area contributed by atoms with Crippen molar-refractivity contribution in [1.82, 2.24) is 16.0 Å². The molecule has 3 N–H and O–H groups in total. The molecule has 0 aliphatic carbocycles. The third-order valence-electron chi connectivity index (χ3n) is 4.31. The molecule has 5 nitrogen and oxygen atoms in total. The molecule has 2 rings (SSSR count). The molecule has 25 heavy (non-hydrogen) atoms. The van der Waals surface area contributed by atoms with E-state index < -0.39 is 0 Å². The Morgan fingerprint density at radius 1 is 1.24 bits per heavy atom. The first-order valence-electron chi connectivity index (χ1n) is 9.10. The molecule has 1 aliphatic heterocycles. The molecule has 1 aromatic rings. The van der Waals surface area contributed by atoms with Crippen LogP contribution in [0.5, 0.6) is 0 Å². The minimum absolute atomic E-state index is 0.127. The summed E-state index contributed by atoms with van der Waals surface area (Å²) in [7, 11) is 1.80. The summed E-state index contributed by atoms with van der Waals surface area (Å²) < 4.78 is 13.4. The summed E-state index contributed by atoms with van der Waals surface area (Å²) in [6.45, 7) is 10.0. The Morgan fingerprint density at radius 2 is 1.96 bits per heavy atom. The van der Waals surface area contributed by atoms with Crippen molar-refractivity contribution in [1.29, 1.82) is 0 Å². The Bertz CT molecular complexity index is 559. The number of hydrogen-bond donors (Lipinski definition) is 3. The first-order valence-corrected chi connectivity index (χ1v) is 9.10. The number of halogens is 1. The Kier molecular flexibility index (Phi) is 7.05. The summed E-state index contributed by atoms with van der Waals surface area (Å²) in [6, 6.07) is 7.23. The number of benzene rings is 1. The lowest BCUT2D eigenvalue weighted by Gasteiger charge is -2.34. The van der Waals surface area contributed by atoms with Crippen LogP contribution in [0.3, 0.4) is 0 Å². The van der Waals surface area contributed by atoms with E-state index in [-0.39, 0.29) is 11.4 Å². The Labute approximate surface area is 151 Å². The molecule has 0 bridgehead atoms. The van der Waals surface area contributed by atoms with Crippen LogP contribution in [0.25, 0.3) is 0 Å². The van der Waals surface area contributed by atoms with Crippen LogP contribution in [-0.2, 0) is 0 Å². The fourth-order valence-corrected chi connectivity index (χ4v) is 2.96. The zero-order chi connectivity index (χ0) is 18.3. The maximum Gasteiger partial charge on any atom is 0.191 e. The second-order valence-corrected chi connectivity index (χ2v) is 7.56. The average molecular weight is 349 g/mol. The Morgan fingerprint density at radius 3 is 2.56 bits per heavy atom. The molecule has 1 aliphatic rings. The summed E-state index contributed by atoms with van der Waals surface area (Å²) in [6.07, 6.45) is 2.02. The van der Waals surface area contributed by atoms with E-state index in [4.69, 9.17) is 0 Å². The molecule has 0 saturated carbocycles. The zero-order valence-corrected chi connectivity index (χ0v) is 15.9. The van der Waals surface area contributed by atoms with Crippen molar-refractivity contribution in [3.8, 4) is 0 Å². The molecule has 6 heteroatoms. The van der Waals surface area contributed by atoms with E-state index >= 15 is 0 Å². The Balaban J connectivity index is 1.73. The molecule has 0 unspecified atom stereocenters. The van der Waals surface area contributed by atoms with Crippen LogP contribution in [0.1, 0.15) is 33.6 Å². The van der Waals surface area contributed by atoms with Crippen LogP contribution in [0, 0.1) is 5.82 Å². The smallest absolute Gasteiger partial charge is 0.191 e. The summed E-state index contributed by atoms with van der Waals surface area (Å²) in [5.41, 5.74) is 1.09. The fourth-order valence-electron chi connectivity index (χ4n) is 2.96. The van der Waals surface area contributed by atoms with Crippen LogP contribution in [0.2, 0.25) is 0 Å². The highest BCUT2D eigenvalue weighted by atomic mass is 19.1. The topological polar surface area (TPSA) is 51.7 Å². The van der Waals surface area contributed by atoms with E-state index in [0.29, 0.717) is 6.04 Å². The van der Waals surface area contributed by atoms with Gasteiger partial charge in [0.15, 0.2) is 5.96 Å².